The van der Waals surface area contributed by atoms with E-state index in [1.807, 2.05) is 0 Å². The quantitative estimate of drug-likeness (QED) is 0.428. The summed E-state index contributed by atoms with van der Waals surface area (Å²) in [4.78, 5) is 3.39. The molecule has 0 bridgehead atoms. The monoisotopic (exact) mass is 337 g/mol. The van der Waals surface area contributed by atoms with Crippen molar-refractivity contribution in [3.63, 3.8) is 0 Å². The van der Waals surface area contributed by atoms with Gasteiger partial charge in [-0.1, -0.05) is 17.7 Å². The molecule has 0 spiro atoms. The van der Waals surface area contributed by atoms with E-state index in [-0.39, 0.29) is 0 Å². The number of allylic oxidation sites excluding steroid dienone is 2. The Morgan fingerprint density at radius 3 is 2.53 bits per heavy atom. The van der Waals surface area contributed by atoms with Crippen LogP contribution in [0.2, 0.25) is 0 Å². The fourth-order valence-electron chi connectivity index (χ4n) is 1.25. The fraction of sp³-hybridized carbons (Fsp3) is 0.231. The molecule has 0 saturated heterocycles. The van der Waals surface area contributed by atoms with Gasteiger partial charge in [0.2, 0.25) is 0 Å². The summed E-state index contributed by atoms with van der Waals surface area (Å²) >= 11 is 0.847. The second kappa shape index (κ2) is 8.32. The summed E-state index contributed by atoms with van der Waals surface area (Å²) < 4.78 is 37.5. The van der Waals surface area contributed by atoms with Crippen molar-refractivity contribution in [3.05, 3.63) is 47.5 Å². The third-order valence-electron chi connectivity index (χ3n) is 2.06. The van der Waals surface area contributed by atoms with Gasteiger partial charge < -0.3 is 5.73 Å². The topological polar surface area (TPSA) is 12.9 Å². The second-order valence-corrected chi connectivity index (χ2v) is 3.47. The molecule has 0 unspecified atom stereocenters. The zero-order chi connectivity index (χ0) is 15.1. The first-order chi connectivity index (χ1) is 8.86. The van der Waals surface area contributed by atoms with Gasteiger partial charge >= 0.3 is 33.2 Å². The minimum atomic E-state index is -4.45. The molecule has 0 aromatic carbocycles. The molecule has 0 amide bonds. The van der Waals surface area contributed by atoms with Gasteiger partial charge in [0.1, 0.15) is 5.69 Å². The summed E-state index contributed by atoms with van der Waals surface area (Å²) in [7, 11) is 4.76. The average Bonchev–Trinajstić information content (AvgIpc) is 2.37. The zero-order valence-corrected chi connectivity index (χ0v) is 14.3. The number of nitrogens with zero attached hydrogens (tertiary/aromatic N) is 1. The predicted molar refractivity (Wildman–Crippen MR) is 66.7 cm³/mol. The number of rotatable bonds is 2. The molecule has 0 aliphatic carbocycles. The molecule has 0 aliphatic heterocycles. The van der Waals surface area contributed by atoms with Crippen molar-refractivity contribution in [3.8, 4) is 0 Å². The van der Waals surface area contributed by atoms with Crippen LogP contribution in [0, 0.1) is 6.08 Å². The maximum absolute atomic E-state index is 12.5. The number of pyridine rings is 1. The average molecular weight is 339 g/mol. The number of aromatic nitrogens is 1. The molecule has 19 heavy (non-hydrogen) atoms. The van der Waals surface area contributed by atoms with Crippen molar-refractivity contribution in [2.75, 3.05) is 0 Å². The molecule has 98 valence electrons. The first-order valence-electron chi connectivity index (χ1n) is 5.11. The molecule has 0 radical (unpaired) electrons. The Morgan fingerprint density at radius 1 is 1.53 bits per heavy atom. The Bertz CT molecular complexity index is 503. The zero-order valence-electron chi connectivity index (χ0n) is 10.6. The van der Waals surface area contributed by atoms with Gasteiger partial charge in [0.25, 0.3) is 0 Å². The van der Waals surface area contributed by atoms with Crippen LogP contribution in [0.15, 0.2) is 24.6 Å². The van der Waals surface area contributed by atoms with Crippen LogP contribution in [-0.4, -0.2) is 4.98 Å². The van der Waals surface area contributed by atoms with Gasteiger partial charge in [-0.2, -0.15) is 19.2 Å². The van der Waals surface area contributed by atoms with Crippen LogP contribution in [0.5, 0.6) is 0 Å². The van der Waals surface area contributed by atoms with Gasteiger partial charge in [0.15, 0.2) is 0 Å². The molecule has 1 heterocycles. The normalized spacial score (nSPS) is 9.89. The molecule has 0 saturated carbocycles. The molecule has 0 aliphatic rings. The standard InChI is InChI=1S/C13H11F3N.ClH.Zn/c1-4-5-6-10-7-12(13(14,15)16)17-8-11(10)9(2)3;;/h6-8H,2H2,1,3H3;1H;/q-1;;+2/p-1. The molecule has 1 aromatic rings. The number of hydrogen-bond donors (Lipinski definition) is 0. The van der Waals surface area contributed by atoms with Crippen LogP contribution in [-0.2, 0) is 23.5 Å². The van der Waals surface area contributed by atoms with Gasteiger partial charge in [0, 0.05) is 6.20 Å². The Labute approximate surface area is 124 Å². The van der Waals surface area contributed by atoms with Crippen LogP contribution in [0.4, 0.5) is 13.2 Å². The Morgan fingerprint density at radius 2 is 2.11 bits per heavy atom. The SMILES string of the molecule is C=C(C)c1cnc(C(F)(F)F)cc1C=C=[C-]C.[Cl][Zn+]. The summed E-state index contributed by atoms with van der Waals surface area (Å²) in [5.41, 5.74) is 3.30. The van der Waals surface area contributed by atoms with Gasteiger partial charge in [-0.15, -0.1) is 6.92 Å². The molecule has 1 nitrogen and oxygen atoms in total. The van der Waals surface area contributed by atoms with Crippen molar-refractivity contribution < 1.29 is 30.5 Å². The van der Waals surface area contributed by atoms with Crippen LogP contribution in [0.3, 0.4) is 0 Å². The van der Waals surface area contributed by atoms with Gasteiger partial charge in [0.05, 0.1) is 0 Å². The Hall–Kier alpha value is -0.887. The van der Waals surface area contributed by atoms with Gasteiger partial charge in [-0.25, -0.2) is 6.08 Å². The first-order valence-corrected chi connectivity index (χ1v) is 9.01. The third kappa shape index (κ3) is 5.73. The van der Waals surface area contributed by atoms with Crippen molar-refractivity contribution >= 4 is 21.3 Å². The van der Waals surface area contributed by atoms with E-state index in [4.69, 9.17) is 9.69 Å². The van der Waals surface area contributed by atoms with Crippen LogP contribution >= 0.6 is 9.69 Å². The molecule has 6 heteroatoms. The van der Waals surface area contributed by atoms with Crippen LogP contribution in [0.1, 0.15) is 30.7 Å². The van der Waals surface area contributed by atoms with E-state index in [0.29, 0.717) is 16.7 Å². The van der Waals surface area contributed by atoms with E-state index in [2.05, 4.69) is 23.4 Å². The number of halogens is 4. The first kappa shape index (κ1) is 18.1. The van der Waals surface area contributed by atoms with Crippen molar-refractivity contribution in [1.29, 1.82) is 0 Å². The molecular weight excluding hydrogens is 328 g/mol. The predicted octanol–water partition coefficient (Wildman–Crippen LogP) is 4.81. The third-order valence-corrected chi connectivity index (χ3v) is 2.06. The molecule has 0 atom stereocenters. The van der Waals surface area contributed by atoms with Crippen molar-refractivity contribution in [2.24, 2.45) is 0 Å². The van der Waals surface area contributed by atoms with Crippen LogP contribution < -0.4 is 0 Å². The molecule has 0 N–H and O–H groups in total. The Balaban J connectivity index is 0.00000154. The maximum atomic E-state index is 12.5. The van der Waals surface area contributed by atoms with Gasteiger partial charge in [-0.3, -0.25) is 4.98 Å². The number of alkyl halides is 3. The van der Waals surface area contributed by atoms with E-state index in [1.165, 1.54) is 12.3 Å². The minimum absolute atomic E-state index is 0.383. The second-order valence-electron chi connectivity index (χ2n) is 3.47. The summed E-state index contributed by atoms with van der Waals surface area (Å²) in [6, 6.07) is 0.981. The molecule has 0 fully saturated rings. The summed E-state index contributed by atoms with van der Waals surface area (Å²) in [5.74, 6) is 0. The van der Waals surface area contributed by atoms with E-state index < -0.39 is 11.9 Å². The number of hydrogen-bond acceptors (Lipinski definition) is 1. The fourth-order valence-corrected chi connectivity index (χ4v) is 1.25. The molecule has 1 aromatic heterocycles. The molecule has 1 rings (SSSR count). The van der Waals surface area contributed by atoms with E-state index in [9.17, 15) is 13.2 Å². The van der Waals surface area contributed by atoms with E-state index >= 15 is 0 Å². The van der Waals surface area contributed by atoms with Crippen molar-refractivity contribution in [1.82, 2.24) is 4.98 Å². The van der Waals surface area contributed by atoms with Crippen molar-refractivity contribution in [2.45, 2.75) is 20.0 Å². The van der Waals surface area contributed by atoms with E-state index in [1.54, 1.807) is 13.8 Å². The summed E-state index contributed by atoms with van der Waals surface area (Å²) in [6.45, 7) is 7.02. The Kier molecular flexibility index (Phi) is 7.93. The van der Waals surface area contributed by atoms with Gasteiger partial charge in [-0.05, 0) is 18.6 Å². The molecular formula is C13H11ClF3NZn. The van der Waals surface area contributed by atoms with Crippen LogP contribution in [0.25, 0.3) is 11.6 Å². The summed E-state index contributed by atoms with van der Waals surface area (Å²) in [5, 5.41) is 0. The van der Waals surface area contributed by atoms with E-state index in [0.717, 1.165) is 23.4 Å². The summed E-state index contributed by atoms with van der Waals surface area (Å²) in [6.07, 6.45) is 0.761.